The molecular weight excluding hydrogens is 521 g/mol. The number of benzene rings is 1. The van der Waals surface area contributed by atoms with Crippen LogP contribution in [0.5, 0.6) is 0 Å². The number of alkyl halides is 3. The first-order chi connectivity index (χ1) is 17.9. The molecular formula is C27H32ClF3N4O3. The number of hydrogen-bond donors (Lipinski definition) is 1. The van der Waals surface area contributed by atoms with Crippen LogP contribution in [0.2, 0.25) is 5.15 Å². The minimum absolute atomic E-state index is 0.162. The average Bonchev–Trinajstić information content (AvgIpc) is 2.91. The van der Waals surface area contributed by atoms with Crippen molar-refractivity contribution in [1.82, 2.24) is 14.8 Å². The third-order valence-corrected chi connectivity index (χ3v) is 8.03. The Kier molecular flexibility index (Phi) is 8.23. The molecule has 0 spiro atoms. The fourth-order valence-corrected chi connectivity index (χ4v) is 5.72. The maximum atomic E-state index is 13.9. The molecule has 7 nitrogen and oxygen atoms in total. The van der Waals surface area contributed by atoms with Gasteiger partial charge in [0.25, 0.3) is 17.4 Å². The first kappa shape index (κ1) is 28.2. The van der Waals surface area contributed by atoms with Gasteiger partial charge >= 0.3 is 6.18 Å². The number of carbonyl (C=O) groups is 2. The number of aliphatic hydroxyl groups is 1. The molecule has 0 saturated carbocycles. The summed E-state index contributed by atoms with van der Waals surface area (Å²) in [7, 11) is 3.30. The summed E-state index contributed by atoms with van der Waals surface area (Å²) in [5, 5.41) is 10.8. The maximum absolute atomic E-state index is 13.9. The number of aromatic nitrogens is 1. The smallest absolute Gasteiger partial charge is 0.369 e. The van der Waals surface area contributed by atoms with Gasteiger partial charge in [0, 0.05) is 45.8 Å². The summed E-state index contributed by atoms with van der Waals surface area (Å²) in [4.78, 5) is 34.3. The molecule has 1 atom stereocenters. The summed E-state index contributed by atoms with van der Waals surface area (Å²) in [6.07, 6.45) is -2.20. The summed E-state index contributed by atoms with van der Waals surface area (Å²) in [5.74, 6) is -0.159. The molecule has 11 heteroatoms. The highest BCUT2D eigenvalue weighted by Crippen LogP contribution is 2.42. The van der Waals surface area contributed by atoms with Crippen molar-refractivity contribution in [1.29, 1.82) is 0 Å². The molecule has 0 bridgehead atoms. The number of likely N-dealkylation sites (tertiary alicyclic amines) is 1. The fourth-order valence-electron chi connectivity index (χ4n) is 5.49. The van der Waals surface area contributed by atoms with Crippen molar-refractivity contribution in [3.05, 3.63) is 58.7 Å². The van der Waals surface area contributed by atoms with E-state index < -0.39 is 23.2 Å². The lowest BCUT2D eigenvalue weighted by molar-refractivity contribution is -0.262. The van der Waals surface area contributed by atoms with Crippen LogP contribution in [0.3, 0.4) is 0 Å². The van der Waals surface area contributed by atoms with E-state index in [4.69, 9.17) is 11.6 Å². The van der Waals surface area contributed by atoms with E-state index in [2.05, 4.69) is 9.88 Å². The molecule has 206 valence electrons. The van der Waals surface area contributed by atoms with Crippen LogP contribution in [0.4, 0.5) is 19.0 Å². The molecule has 2 aromatic rings. The lowest BCUT2D eigenvalue weighted by Crippen LogP contribution is -2.57. The Labute approximate surface area is 225 Å². The van der Waals surface area contributed by atoms with Gasteiger partial charge in [-0.1, -0.05) is 41.9 Å². The molecule has 38 heavy (non-hydrogen) atoms. The highest BCUT2D eigenvalue weighted by Gasteiger charge is 2.62. The molecule has 1 aromatic carbocycles. The summed E-state index contributed by atoms with van der Waals surface area (Å²) in [5.41, 5.74) is -3.69. The van der Waals surface area contributed by atoms with Crippen LogP contribution in [-0.4, -0.2) is 78.2 Å². The van der Waals surface area contributed by atoms with Crippen LogP contribution < -0.4 is 4.90 Å². The summed E-state index contributed by atoms with van der Waals surface area (Å²) in [6.45, 7) is 1.84. The van der Waals surface area contributed by atoms with Crippen molar-refractivity contribution in [2.45, 2.75) is 37.5 Å². The van der Waals surface area contributed by atoms with Gasteiger partial charge in [0.15, 0.2) is 0 Å². The van der Waals surface area contributed by atoms with Crippen molar-refractivity contribution in [2.75, 3.05) is 45.2 Å². The highest BCUT2D eigenvalue weighted by molar-refractivity contribution is 6.32. The van der Waals surface area contributed by atoms with Crippen LogP contribution in [-0.2, 0) is 10.4 Å². The quantitative estimate of drug-likeness (QED) is 0.558. The largest absolute Gasteiger partial charge is 0.430 e. The zero-order valence-corrected chi connectivity index (χ0v) is 22.2. The van der Waals surface area contributed by atoms with Crippen molar-refractivity contribution >= 4 is 29.2 Å². The lowest BCUT2D eigenvalue weighted by atomic mass is 9.78. The van der Waals surface area contributed by atoms with Crippen LogP contribution in [0, 0.1) is 11.8 Å². The SMILES string of the molecule is CN(C)C(=O)c1ccc(N2CCC(C3CCN(C(=O)[C@](O)(c4ccccc4)C(F)(F)F)CC3)CC2)nc1Cl. The van der Waals surface area contributed by atoms with Crippen LogP contribution >= 0.6 is 11.6 Å². The second-order valence-electron chi connectivity index (χ2n) is 10.2. The molecule has 2 fully saturated rings. The maximum Gasteiger partial charge on any atom is 0.430 e. The van der Waals surface area contributed by atoms with E-state index in [1.165, 1.54) is 23.1 Å². The number of carbonyl (C=O) groups excluding carboxylic acids is 2. The number of piperidine rings is 2. The Balaban J connectivity index is 1.34. The molecule has 1 aromatic heterocycles. The van der Waals surface area contributed by atoms with Crippen molar-refractivity contribution in [3.63, 3.8) is 0 Å². The number of halogens is 4. The second kappa shape index (κ2) is 11.1. The standard InChI is InChI=1S/C27H32ClF3N4O3/c1-33(2)24(36)21-8-9-22(32-23(21)28)34-14-10-18(11-15-34)19-12-16-35(17-13-19)25(37)26(38,27(29,30)31)20-6-4-3-5-7-20/h3-9,18-19,38H,10-17H2,1-2H3/t26-/m1/s1. The van der Waals surface area contributed by atoms with Gasteiger partial charge in [-0.25, -0.2) is 4.98 Å². The fraction of sp³-hybridized carbons (Fsp3) is 0.519. The second-order valence-corrected chi connectivity index (χ2v) is 10.6. The molecule has 2 amide bonds. The summed E-state index contributed by atoms with van der Waals surface area (Å²) >= 11 is 6.27. The average molecular weight is 553 g/mol. The van der Waals surface area contributed by atoms with E-state index >= 15 is 0 Å². The number of rotatable bonds is 5. The van der Waals surface area contributed by atoms with Gasteiger partial charge in [0.1, 0.15) is 11.0 Å². The Morgan fingerprint density at radius 2 is 1.50 bits per heavy atom. The molecule has 4 rings (SSSR count). The number of amides is 2. The van der Waals surface area contributed by atoms with Gasteiger partial charge in [0.05, 0.1) is 5.56 Å². The molecule has 3 heterocycles. The number of hydrogen-bond acceptors (Lipinski definition) is 5. The number of anilines is 1. The molecule has 2 saturated heterocycles. The zero-order valence-electron chi connectivity index (χ0n) is 21.4. The van der Waals surface area contributed by atoms with Gasteiger partial charge in [0.2, 0.25) is 0 Å². The Morgan fingerprint density at radius 3 is 2.00 bits per heavy atom. The summed E-state index contributed by atoms with van der Waals surface area (Å²) < 4.78 is 41.8. The Hall–Kier alpha value is -2.85. The number of pyridine rings is 1. The van der Waals surface area contributed by atoms with E-state index in [0.717, 1.165) is 43.0 Å². The van der Waals surface area contributed by atoms with Gasteiger partial charge in [-0.15, -0.1) is 0 Å². The molecule has 2 aliphatic rings. The Bertz CT molecular complexity index is 1150. The van der Waals surface area contributed by atoms with Gasteiger partial charge < -0.3 is 19.8 Å². The molecule has 0 radical (unpaired) electrons. The van der Waals surface area contributed by atoms with Gasteiger partial charge in [-0.2, -0.15) is 13.2 Å². The van der Waals surface area contributed by atoms with Crippen LogP contribution in [0.25, 0.3) is 0 Å². The van der Waals surface area contributed by atoms with E-state index in [0.29, 0.717) is 30.1 Å². The zero-order chi connectivity index (χ0) is 27.7. The topological polar surface area (TPSA) is 77.0 Å². The monoisotopic (exact) mass is 552 g/mol. The highest BCUT2D eigenvalue weighted by atomic mass is 35.5. The van der Waals surface area contributed by atoms with E-state index in [1.54, 1.807) is 26.2 Å². The van der Waals surface area contributed by atoms with E-state index in [1.807, 2.05) is 0 Å². The van der Waals surface area contributed by atoms with Crippen molar-refractivity contribution in [3.8, 4) is 0 Å². The number of nitrogens with zero attached hydrogens (tertiary/aromatic N) is 4. The molecule has 1 N–H and O–H groups in total. The molecule has 2 aliphatic heterocycles. The van der Waals surface area contributed by atoms with Crippen molar-refractivity contribution in [2.24, 2.45) is 11.8 Å². The first-order valence-corrected chi connectivity index (χ1v) is 13.1. The van der Waals surface area contributed by atoms with Gasteiger partial charge in [-0.3, -0.25) is 9.59 Å². The third kappa shape index (κ3) is 5.47. The van der Waals surface area contributed by atoms with E-state index in [-0.39, 0.29) is 30.1 Å². The minimum atomic E-state index is -5.13. The van der Waals surface area contributed by atoms with E-state index in [9.17, 15) is 27.9 Å². The molecule has 0 aliphatic carbocycles. The van der Waals surface area contributed by atoms with Crippen LogP contribution in [0.1, 0.15) is 41.6 Å². The Morgan fingerprint density at radius 1 is 0.947 bits per heavy atom. The minimum Gasteiger partial charge on any atom is -0.369 e. The lowest BCUT2D eigenvalue weighted by Gasteiger charge is -2.42. The predicted octanol–water partition coefficient (Wildman–Crippen LogP) is 4.34. The third-order valence-electron chi connectivity index (χ3n) is 7.74. The predicted molar refractivity (Wildman–Crippen MR) is 138 cm³/mol. The van der Waals surface area contributed by atoms with Gasteiger partial charge in [-0.05, 0) is 49.7 Å². The normalized spacial score (nSPS) is 19.2. The van der Waals surface area contributed by atoms with Crippen molar-refractivity contribution < 1.29 is 27.9 Å². The first-order valence-electron chi connectivity index (χ1n) is 12.7. The van der Waals surface area contributed by atoms with Crippen LogP contribution in [0.15, 0.2) is 42.5 Å². The molecule has 0 unspecified atom stereocenters. The summed E-state index contributed by atoms with van der Waals surface area (Å²) in [6, 6.07) is 10.0.